The Morgan fingerprint density at radius 3 is 2.67 bits per heavy atom. The summed E-state index contributed by atoms with van der Waals surface area (Å²) in [6.45, 7) is 9.37. The molecule has 4 heterocycles. The van der Waals surface area contributed by atoms with Crippen LogP contribution < -0.4 is 5.32 Å². The van der Waals surface area contributed by atoms with Crippen LogP contribution in [0, 0.1) is 20.9 Å². The van der Waals surface area contributed by atoms with Crippen molar-refractivity contribution in [3.63, 3.8) is 0 Å². The molecule has 13 nitrogen and oxygen atoms in total. The maximum atomic E-state index is 13.7. The molecule has 3 aliphatic rings. The Morgan fingerprint density at radius 2 is 2.00 bits per heavy atom. The van der Waals surface area contributed by atoms with Crippen molar-refractivity contribution in [1.29, 1.82) is 5.41 Å². The Hall–Kier alpha value is -4.62. The number of hydrogen-bond acceptors (Lipinski definition) is 10. The maximum absolute atomic E-state index is 13.7. The van der Waals surface area contributed by atoms with Crippen molar-refractivity contribution >= 4 is 34.6 Å². The predicted octanol–water partition coefficient (Wildman–Crippen LogP) is 6.95. The summed E-state index contributed by atoms with van der Waals surface area (Å²) in [7, 11) is 0. The van der Waals surface area contributed by atoms with E-state index in [1.54, 1.807) is 15.4 Å². The summed E-state index contributed by atoms with van der Waals surface area (Å²) in [5, 5.41) is 33.0. The van der Waals surface area contributed by atoms with Crippen molar-refractivity contribution in [1.82, 2.24) is 24.5 Å². The lowest BCUT2D eigenvalue weighted by Crippen LogP contribution is -2.33. The number of nitro groups is 1. The molecule has 258 valence electrons. The van der Waals surface area contributed by atoms with Gasteiger partial charge in [-0.1, -0.05) is 23.8 Å². The SMILES string of the molecule is CC(C)(C)OC(=O)n1c(CN2CCC3(CCC3)C2)cc2ccc(Cn3cc(-c4cc([N+](=O)[O-])cc(NC5CCCCO5)c4C=N)nn3)cc21. The fourth-order valence-corrected chi connectivity index (χ4v) is 7.46. The highest BCUT2D eigenvalue weighted by atomic mass is 16.6. The molecule has 49 heavy (non-hydrogen) atoms. The summed E-state index contributed by atoms with van der Waals surface area (Å²) in [4.78, 5) is 27.6. The highest BCUT2D eigenvalue weighted by Crippen LogP contribution is 2.48. The molecule has 3 fully saturated rings. The number of carbonyl (C=O) groups is 1. The highest BCUT2D eigenvalue weighted by molar-refractivity contribution is 5.96. The number of likely N-dealkylation sites (tertiary alicyclic amines) is 1. The van der Waals surface area contributed by atoms with Gasteiger partial charge >= 0.3 is 6.09 Å². The van der Waals surface area contributed by atoms with Gasteiger partial charge in [0.25, 0.3) is 5.69 Å². The number of nitrogens with zero attached hydrogens (tertiary/aromatic N) is 6. The predicted molar refractivity (Wildman–Crippen MR) is 186 cm³/mol. The number of hydrogen-bond donors (Lipinski definition) is 2. The fourth-order valence-electron chi connectivity index (χ4n) is 7.46. The number of rotatable bonds is 9. The van der Waals surface area contributed by atoms with Crippen molar-refractivity contribution in [2.24, 2.45) is 5.41 Å². The summed E-state index contributed by atoms with van der Waals surface area (Å²) < 4.78 is 15.1. The van der Waals surface area contributed by atoms with Crippen LogP contribution in [0.1, 0.15) is 82.5 Å². The lowest BCUT2D eigenvalue weighted by atomic mass is 9.68. The maximum Gasteiger partial charge on any atom is 0.419 e. The number of benzene rings is 2. The number of non-ortho nitro benzene ring substituents is 1. The minimum atomic E-state index is -0.649. The van der Waals surface area contributed by atoms with Gasteiger partial charge in [-0.2, -0.15) is 0 Å². The lowest BCUT2D eigenvalue weighted by Gasteiger charge is -2.38. The molecular weight excluding hydrogens is 624 g/mol. The quantitative estimate of drug-likeness (QED) is 0.110. The van der Waals surface area contributed by atoms with Crippen LogP contribution in [0.5, 0.6) is 0 Å². The molecule has 2 aliphatic heterocycles. The van der Waals surface area contributed by atoms with Crippen LogP contribution in [0.25, 0.3) is 22.2 Å². The van der Waals surface area contributed by atoms with Gasteiger partial charge in [0.15, 0.2) is 0 Å². The zero-order valence-corrected chi connectivity index (χ0v) is 28.4. The van der Waals surface area contributed by atoms with Gasteiger partial charge in [-0.15, -0.1) is 5.10 Å². The molecule has 0 amide bonds. The number of fused-ring (bicyclic) bond motifs is 1. The highest BCUT2D eigenvalue weighted by Gasteiger charge is 2.42. The van der Waals surface area contributed by atoms with Crippen LogP contribution in [-0.2, 0) is 22.6 Å². The first-order valence-corrected chi connectivity index (χ1v) is 17.2. The van der Waals surface area contributed by atoms with E-state index in [2.05, 4.69) is 26.6 Å². The van der Waals surface area contributed by atoms with Crippen molar-refractivity contribution in [2.45, 2.75) is 90.6 Å². The Kier molecular flexibility index (Phi) is 8.74. The number of ether oxygens (including phenoxy) is 2. The van der Waals surface area contributed by atoms with E-state index in [4.69, 9.17) is 14.9 Å². The van der Waals surface area contributed by atoms with Crippen LogP contribution in [0.4, 0.5) is 16.2 Å². The van der Waals surface area contributed by atoms with Crippen molar-refractivity contribution in [2.75, 3.05) is 25.0 Å². The van der Waals surface area contributed by atoms with Gasteiger partial charge in [0.1, 0.15) is 17.5 Å². The van der Waals surface area contributed by atoms with Gasteiger partial charge in [-0.05, 0) is 89.0 Å². The van der Waals surface area contributed by atoms with Crippen LogP contribution in [-0.4, -0.2) is 73.2 Å². The molecule has 2 N–H and O–H groups in total. The van der Waals surface area contributed by atoms with E-state index >= 15 is 0 Å². The molecule has 0 radical (unpaired) electrons. The van der Waals surface area contributed by atoms with E-state index in [0.717, 1.165) is 54.5 Å². The standard InChI is InChI=1S/C36H44N8O5/c1-35(2,3)49-34(45)43-27(21-41-13-12-36(23-41)10-6-11-36)16-25-9-8-24(15-32(25)43)20-42-22-31(39-40-42)28-17-26(44(46)47)18-30(29(28)19-37)38-33-7-4-5-14-48-33/h8-9,15-19,22,33,37-38H,4-7,10-14,20-21,23H2,1-3H3. The van der Waals surface area contributed by atoms with E-state index < -0.39 is 16.6 Å². The van der Waals surface area contributed by atoms with Gasteiger partial charge in [0, 0.05) is 60.3 Å². The smallest absolute Gasteiger partial charge is 0.419 e. The van der Waals surface area contributed by atoms with Gasteiger partial charge < -0.3 is 20.2 Å². The van der Waals surface area contributed by atoms with Crippen LogP contribution >= 0.6 is 0 Å². The Labute approximate surface area is 285 Å². The Bertz CT molecular complexity index is 1900. The molecule has 2 aromatic heterocycles. The summed E-state index contributed by atoms with van der Waals surface area (Å²) in [5.41, 5.74) is 4.02. The van der Waals surface area contributed by atoms with Crippen LogP contribution in [0.2, 0.25) is 0 Å². The van der Waals surface area contributed by atoms with E-state index in [0.29, 0.717) is 47.6 Å². The first kappa shape index (κ1) is 32.9. The third-order valence-corrected chi connectivity index (χ3v) is 10.0. The Balaban J connectivity index is 1.18. The van der Waals surface area contributed by atoms with Gasteiger partial charge in [0.05, 0.1) is 28.9 Å². The first-order chi connectivity index (χ1) is 23.5. The van der Waals surface area contributed by atoms with Crippen molar-refractivity contribution in [3.05, 3.63) is 69.5 Å². The van der Waals surface area contributed by atoms with Crippen LogP contribution in [0.3, 0.4) is 0 Å². The van der Waals surface area contributed by atoms with Gasteiger partial charge in [0.2, 0.25) is 0 Å². The number of anilines is 1. The van der Waals surface area contributed by atoms with Gasteiger partial charge in [-0.25, -0.2) is 14.0 Å². The Morgan fingerprint density at radius 1 is 1.16 bits per heavy atom. The summed E-state index contributed by atoms with van der Waals surface area (Å²) in [5.74, 6) is 0. The second-order valence-electron chi connectivity index (χ2n) is 14.8. The largest absolute Gasteiger partial charge is 0.443 e. The summed E-state index contributed by atoms with van der Waals surface area (Å²) in [6.07, 6.45) is 10.1. The molecule has 0 bridgehead atoms. The second kappa shape index (κ2) is 13.0. The molecule has 1 atom stereocenters. The third-order valence-electron chi connectivity index (χ3n) is 10.0. The molecular formula is C36H44N8O5. The third kappa shape index (κ3) is 6.95. The number of carbonyl (C=O) groups excluding carboxylic acids is 1. The molecule has 2 aromatic carbocycles. The number of nitro benzene ring substituents is 1. The molecule has 1 saturated carbocycles. The summed E-state index contributed by atoms with van der Waals surface area (Å²) in [6, 6.07) is 11.0. The topological polar surface area (TPSA) is 153 Å². The summed E-state index contributed by atoms with van der Waals surface area (Å²) >= 11 is 0. The average Bonchev–Trinajstić information content (AvgIpc) is 3.77. The van der Waals surface area contributed by atoms with E-state index in [1.807, 2.05) is 39.0 Å². The van der Waals surface area contributed by atoms with Gasteiger partial charge in [-0.3, -0.25) is 15.0 Å². The second-order valence-corrected chi connectivity index (χ2v) is 14.8. The molecule has 1 aliphatic carbocycles. The lowest BCUT2D eigenvalue weighted by molar-refractivity contribution is -0.384. The molecule has 1 unspecified atom stereocenters. The molecule has 2 saturated heterocycles. The van der Waals surface area contributed by atoms with Crippen LogP contribution in [0.15, 0.2) is 42.6 Å². The van der Waals surface area contributed by atoms with E-state index in [9.17, 15) is 14.9 Å². The molecule has 13 heteroatoms. The first-order valence-electron chi connectivity index (χ1n) is 17.2. The molecule has 7 rings (SSSR count). The van der Waals surface area contributed by atoms with E-state index in [-0.39, 0.29) is 11.9 Å². The molecule has 1 spiro atoms. The zero-order chi connectivity index (χ0) is 34.3. The number of nitrogens with one attached hydrogen (secondary N) is 2. The molecule has 4 aromatic rings. The average molecular weight is 669 g/mol. The minimum Gasteiger partial charge on any atom is -0.443 e. The van der Waals surface area contributed by atoms with E-state index in [1.165, 1.54) is 44.0 Å². The van der Waals surface area contributed by atoms with Crippen molar-refractivity contribution < 1.29 is 19.2 Å². The minimum absolute atomic E-state index is 0.116. The number of aromatic nitrogens is 4. The monoisotopic (exact) mass is 668 g/mol. The van der Waals surface area contributed by atoms with Crippen molar-refractivity contribution in [3.8, 4) is 11.3 Å². The fraction of sp³-hybridized carbons (Fsp3) is 0.500. The zero-order valence-electron chi connectivity index (χ0n) is 28.4. The normalized spacial score (nSPS) is 19.2.